The Morgan fingerprint density at radius 1 is 1.18 bits per heavy atom. The molecule has 0 saturated carbocycles. The molecule has 0 unspecified atom stereocenters. The highest BCUT2D eigenvalue weighted by atomic mass is 32.1. The van der Waals surface area contributed by atoms with Crippen molar-refractivity contribution in [2.45, 2.75) is 66.4 Å². The van der Waals surface area contributed by atoms with Crippen LogP contribution in [0.3, 0.4) is 0 Å². The maximum absolute atomic E-state index is 13.6. The van der Waals surface area contributed by atoms with Crippen molar-refractivity contribution in [3.63, 3.8) is 0 Å². The van der Waals surface area contributed by atoms with Crippen molar-refractivity contribution in [2.24, 2.45) is 5.92 Å². The van der Waals surface area contributed by atoms with Gasteiger partial charge in [-0.15, -0.1) is 11.3 Å². The quantitative estimate of drug-likeness (QED) is 0.498. The molecule has 184 valence electrons. The maximum Gasteiger partial charge on any atom is 0.266 e. The molecule has 33 heavy (non-hydrogen) atoms. The Balaban J connectivity index is 2.13. The zero-order chi connectivity index (χ0) is 24.0. The minimum Gasteiger partial charge on any atom is -0.397 e. The van der Waals surface area contributed by atoms with Gasteiger partial charge in [-0.2, -0.15) is 0 Å². The number of aliphatic hydroxyl groups is 1. The smallest absolute Gasteiger partial charge is 0.266 e. The monoisotopic (exact) mass is 476 g/mol. The molecule has 0 aromatic carbocycles. The molecule has 1 aliphatic heterocycles. The lowest BCUT2D eigenvalue weighted by Gasteiger charge is -2.30. The summed E-state index contributed by atoms with van der Waals surface area (Å²) in [7, 11) is 0. The minimum atomic E-state index is -0.102. The van der Waals surface area contributed by atoms with Crippen LogP contribution in [0.25, 0.3) is 10.2 Å². The fourth-order valence-corrected chi connectivity index (χ4v) is 5.49. The summed E-state index contributed by atoms with van der Waals surface area (Å²) in [5, 5.41) is 11.2. The average molecular weight is 477 g/mol. The maximum atomic E-state index is 13.6. The van der Waals surface area contributed by atoms with Crippen LogP contribution in [0, 0.1) is 5.92 Å². The van der Waals surface area contributed by atoms with Crippen LogP contribution in [0.1, 0.15) is 74.2 Å². The first-order valence-corrected chi connectivity index (χ1v) is 13.2. The number of hydrogen-bond donors (Lipinski definition) is 2. The Hall–Kier alpha value is -1.90. The first-order valence-electron chi connectivity index (χ1n) is 12.4. The summed E-state index contributed by atoms with van der Waals surface area (Å²) >= 11 is 1.40. The molecule has 0 radical (unpaired) electrons. The van der Waals surface area contributed by atoms with Crippen LogP contribution in [0.4, 0.5) is 11.5 Å². The number of unbranched alkanes of at least 4 members (excludes halogenated alkanes) is 2. The second kappa shape index (κ2) is 12.0. The first-order chi connectivity index (χ1) is 15.9. The van der Waals surface area contributed by atoms with Gasteiger partial charge >= 0.3 is 0 Å². The van der Waals surface area contributed by atoms with Gasteiger partial charge in [-0.25, -0.2) is 4.98 Å². The molecule has 0 aliphatic carbocycles. The standard InChI is InChI=1S/C25H40N4O3S/c1-5-7-9-29(10-8-6-2)25(31)22-21(26)20-18(15-17(3)4)19(16-30)23(27-24(20)33-22)28-11-13-32-14-12-28/h17,30H,5-16,26H2,1-4H3. The lowest BCUT2D eigenvalue weighted by molar-refractivity contribution is 0.0757. The van der Waals surface area contributed by atoms with Gasteiger partial charge in [0.25, 0.3) is 5.91 Å². The SMILES string of the molecule is CCCCN(CCCC)C(=O)c1sc2nc(N3CCOCC3)c(CO)c(CC(C)C)c2c1N. The number of nitrogen functional groups attached to an aromatic ring is 1. The van der Waals surface area contributed by atoms with Crippen molar-refractivity contribution < 1.29 is 14.6 Å². The van der Waals surface area contributed by atoms with E-state index < -0.39 is 0 Å². The summed E-state index contributed by atoms with van der Waals surface area (Å²) in [5.74, 6) is 1.19. The van der Waals surface area contributed by atoms with Crippen LogP contribution in [0.2, 0.25) is 0 Å². The normalized spacial score (nSPS) is 14.4. The summed E-state index contributed by atoms with van der Waals surface area (Å²) in [6.45, 7) is 12.8. The number of carbonyl (C=O) groups is 1. The lowest BCUT2D eigenvalue weighted by atomic mass is 9.95. The zero-order valence-electron chi connectivity index (χ0n) is 20.7. The van der Waals surface area contributed by atoms with Gasteiger partial charge in [-0.05, 0) is 30.7 Å². The van der Waals surface area contributed by atoms with Crippen molar-refractivity contribution >= 4 is 39.0 Å². The largest absolute Gasteiger partial charge is 0.397 e. The lowest BCUT2D eigenvalue weighted by Crippen LogP contribution is -2.37. The number of carbonyl (C=O) groups excluding carboxylic acids is 1. The Labute approximate surface area is 201 Å². The molecule has 1 fully saturated rings. The number of ether oxygens (including phenoxy) is 1. The van der Waals surface area contributed by atoms with Crippen molar-refractivity contribution in [1.29, 1.82) is 0 Å². The molecule has 2 aromatic heterocycles. The Morgan fingerprint density at radius 2 is 1.82 bits per heavy atom. The van der Waals surface area contributed by atoms with E-state index >= 15 is 0 Å². The molecule has 0 bridgehead atoms. The van der Waals surface area contributed by atoms with E-state index in [0.717, 1.165) is 85.4 Å². The van der Waals surface area contributed by atoms with Crippen LogP contribution >= 0.6 is 11.3 Å². The van der Waals surface area contributed by atoms with Gasteiger partial charge in [-0.3, -0.25) is 4.79 Å². The van der Waals surface area contributed by atoms with Gasteiger partial charge in [0.05, 0.1) is 25.5 Å². The molecule has 2 aromatic rings. The minimum absolute atomic E-state index is 0.00590. The van der Waals surface area contributed by atoms with Crippen LogP contribution in [0.5, 0.6) is 0 Å². The van der Waals surface area contributed by atoms with Gasteiger partial charge in [0, 0.05) is 37.1 Å². The number of thiophene rings is 1. The van der Waals surface area contributed by atoms with Gasteiger partial charge in [0.2, 0.25) is 0 Å². The summed E-state index contributed by atoms with van der Waals surface area (Å²) in [6.07, 6.45) is 4.82. The Bertz CT molecular complexity index is 930. The summed E-state index contributed by atoms with van der Waals surface area (Å²) in [4.78, 5) is 24.0. The zero-order valence-corrected chi connectivity index (χ0v) is 21.5. The number of aromatic nitrogens is 1. The third kappa shape index (κ3) is 5.78. The van der Waals surface area contributed by atoms with Crippen LogP contribution < -0.4 is 10.6 Å². The molecule has 1 amide bonds. The molecule has 1 aliphatic rings. The van der Waals surface area contributed by atoms with E-state index in [9.17, 15) is 9.90 Å². The van der Waals surface area contributed by atoms with Crippen LogP contribution in [0.15, 0.2) is 0 Å². The van der Waals surface area contributed by atoms with Gasteiger partial charge < -0.3 is 25.4 Å². The predicted molar refractivity (Wildman–Crippen MR) is 137 cm³/mol. The highest BCUT2D eigenvalue weighted by Crippen LogP contribution is 2.41. The Kier molecular flexibility index (Phi) is 9.35. The molecule has 3 N–H and O–H groups in total. The molecular weight excluding hydrogens is 436 g/mol. The number of morpholine rings is 1. The van der Waals surface area contributed by atoms with Crippen LogP contribution in [-0.2, 0) is 17.8 Å². The van der Waals surface area contributed by atoms with Crippen molar-refractivity contribution in [2.75, 3.05) is 50.0 Å². The fraction of sp³-hybridized carbons (Fsp3) is 0.680. The van der Waals surface area contributed by atoms with Crippen molar-refractivity contribution in [3.05, 3.63) is 16.0 Å². The van der Waals surface area contributed by atoms with Gasteiger partial charge in [-0.1, -0.05) is 40.5 Å². The van der Waals surface area contributed by atoms with E-state index in [0.29, 0.717) is 29.7 Å². The number of aliphatic hydroxyl groups excluding tert-OH is 1. The summed E-state index contributed by atoms with van der Waals surface area (Å²) in [6, 6.07) is 0. The van der Waals surface area contributed by atoms with Crippen molar-refractivity contribution in [3.8, 4) is 0 Å². The number of hydrogen-bond acceptors (Lipinski definition) is 7. The number of pyridine rings is 1. The predicted octanol–water partition coefficient (Wildman–Crippen LogP) is 4.45. The number of rotatable bonds is 11. The summed E-state index contributed by atoms with van der Waals surface area (Å²) < 4.78 is 5.52. The molecule has 3 heterocycles. The molecule has 1 saturated heterocycles. The first kappa shape index (κ1) is 25.7. The molecule has 0 atom stereocenters. The van der Waals surface area contributed by atoms with E-state index in [4.69, 9.17) is 15.5 Å². The second-order valence-corrected chi connectivity index (χ2v) is 10.3. The summed E-state index contributed by atoms with van der Waals surface area (Å²) in [5.41, 5.74) is 9.05. The second-order valence-electron chi connectivity index (χ2n) is 9.27. The van der Waals surface area contributed by atoms with E-state index in [1.54, 1.807) is 0 Å². The molecule has 8 heteroatoms. The Morgan fingerprint density at radius 3 is 2.36 bits per heavy atom. The van der Waals surface area contributed by atoms with Gasteiger partial charge in [0.1, 0.15) is 15.5 Å². The third-order valence-corrected chi connectivity index (χ3v) is 7.28. The molecular formula is C25H40N4O3S. The van der Waals surface area contributed by atoms with Crippen molar-refractivity contribution in [1.82, 2.24) is 9.88 Å². The third-order valence-electron chi connectivity index (χ3n) is 6.20. The fourth-order valence-electron chi connectivity index (χ4n) is 4.40. The van der Waals surface area contributed by atoms with E-state index in [-0.39, 0.29) is 12.5 Å². The number of nitrogens with zero attached hydrogens (tertiary/aromatic N) is 3. The number of nitrogens with two attached hydrogens (primary N) is 1. The highest BCUT2D eigenvalue weighted by molar-refractivity contribution is 7.21. The van der Waals surface area contributed by atoms with Gasteiger partial charge in [0.15, 0.2) is 0 Å². The van der Waals surface area contributed by atoms with Crippen LogP contribution in [-0.4, -0.2) is 60.3 Å². The average Bonchev–Trinajstić information content (AvgIpc) is 3.15. The number of anilines is 2. The number of amides is 1. The molecule has 3 rings (SSSR count). The molecule has 7 nitrogen and oxygen atoms in total. The van der Waals surface area contributed by atoms with E-state index in [1.165, 1.54) is 11.3 Å². The number of fused-ring (bicyclic) bond motifs is 1. The van der Waals surface area contributed by atoms with E-state index in [2.05, 4.69) is 32.6 Å². The highest BCUT2D eigenvalue weighted by Gasteiger charge is 2.28. The topological polar surface area (TPSA) is 91.9 Å². The van der Waals surface area contributed by atoms with E-state index in [1.807, 2.05) is 4.90 Å². The molecule has 0 spiro atoms.